The minimum atomic E-state index is 0.0368. The number of amides is 1. The molecule has 0 aliphatic carbocycles. The molecule has 5 nitrogen and oxygen atoms in total. The van der Waals surface area contributed by atoms with Crippen LogP contribution in [0.4, 0.5) is 5.69 Å². The van der Waals surface area contributed by atoms with Crippen LogP contribution in [0.25, 0.3) is 0 Å². The van der Waals surface area contributed by atoms with Crippen molar-refractivity contribution in [3.05, 3.63) is 53.9 Å². The van der Waals surface area contributed by atoms with Gasteiger partial charge in [0.05, 0.1) is 13.2 Å². The van der Waals surface area contributed by atoms with Gasteiger partial charge < -0.3 is 19.1 Å². The van der Waals surface area contributed by atoms with E-state index in [1.807, 2.05) is 37.0 Å². The molecule has 0 saturated carbocycles. The zero-order valence-electron chi connectivity index (χ0n) is 13.7. The maximum Gasteiger partial charge on any atom is 0.270 e. The molecule has 1 saturated heterocycles. The average Bonchev–Trinajstić information content (AvgIpc) is 3.01. The number of nitrogens with zero attached hydrogens (tertiary/aromatic N) is 3. The van der Waals surface area contributed by atoms with E-state index in [1.165, 1.54) is 5.69 Å². The largest absolute Gasteiger partial charge is 0.378 e. The Hall–Kier alpha value is -2.27. The van der Waals surface area contributed by atoms with Gasteiger partial charge in [0.2, 0.25) is 0 Å². The van der Waals surface area contributed by atoms with E-state index in [1.54, 1.807) is 4.90 Å². The summed E-state index contributed by atoms with van der Waals surface area (Å²) in [5.41, 5.74) is 3.05. The molecule has 1 aliphatic rings. The van der Waals surface area contributed by atoms with Gasteiger partial charge in [-0.15, -0.1) is 0 Å². The van der Waals surface area contributed by atoms with Crippen LogP contribution in [-0.2, 0) is 18.3 Å². The zero-order chi connectivity index (χ0) is 16.2. The number of hydrogen-bond donors (Lipinski definition) is 0. The molecule has 1 aliphatic heterocycles. The molecule has 0 spiro atoms. The molecule has 0 atom stereocenters. The van der Waals surface area contributed by atoms with Gasteiger partial charge in [0.1, 0.15) is 5.69 Å². The molecule has 122 valence electrons. The minimum Gasteiger partial charge on any atom is -0.378 e. The molecule has 23 heavy (non-hydrogen) atoms. The smallest absolute Gasteiger partial charge is 0.270 e. The molecule has 1 amide bonds. The van der Waals surface area contributed by atoms with E-state index >= 15 is 0 Å². The van der Waals surface area contributed by atoms with Crippen LogP contribution in [0.5, 0.6) is 0 Å². The number of rotatable bonds is 4. The van der Waals surface area contributed by atoms with Gasteiger partial charge in [-0.05, 0) is 29.8 Å². The molecule has 2 heterocycles. The minimum absolute atomic E-state index is 0.0368. The molecular formula is C18H23N3O2. The van der Waals surface area contributed by atoms with Gasteiger partial charge in [-0.2, -0.15) is 0 Å². The highest BCUT2D eigenvalue weighted by molar-refractivity contribution is 5.92. The molecule has 1 aromatic heterocycles. The lowest BCUT2D eigenvalue weighted by atomic mass is 10.1. The monoisotopic (exact) mass is 313 g/mol. The standard InChI is InChI=1S/C18H23N3O2/c1-19-9-3-4-17(19)18(22)20(2)14-15-5-7-16(8-6-15)21-10-12-23-13-11-21/h3-9H,10-14H2,1-2H3. The number of aryl methyl sites for hydroxylation is 1. The number of carbonyl (C=O) groups is 1. The predicted molar refractivity (Wildman–Crippen MR) is 90.7 cm³/mol. The summed E-state index contributed by atoms with van der Waals surface area (Å²) in [5, 5.41) is 0. The van der Waals surface area contributed by atoms with Crippen LogP contribution in [0, 0.1) is 0 Å². The Balaban J connectivity index is 1.63. The molecule has 0 unspecified atom stereocenters. The number of anilines is 1. The third-order valence-corrected chi connectivity index (χ3v) is 4.24. The van der Waals surface area contributed by atoms with Gasteiger partial charge in [0, 0.05) is 45.6 Å². The van der Waals surface area contributed by atoms with Crippen LogP contribution < -0.4 is 4.90 Å². The number of aromatic nitrogens is 1. The lowest BCUT2D eigenvalue weighted by Gasteiger charge is -2.29. The van der Waals surface area contributed by atoms with E-state index in [0.29, 0.717) is 12.2 Å². The highest BCUT2D eigenvalue weighted by atomic mass is 16.5. The second-order valence-electron chi connectivity index (χ2n) is 5.93. The molecule has 0 N–H and O–H groups in total. The van der Waals surface area contributed by atoms with Crippen molar-refractivity contribution >= 4 is 11.6 Å². The Bertz CT molecular complexity index is 657. The van der Waals surface area contributed by atoms with Crippen LogP contribution in [0.15, 0.2) is 42.6 Å². The quantitative estimate of drug-likeness (QED) is 0.868. The fraction of sp³-hybridized carbons (Fsp3) is 0.389. The van der Waals surface area contributed by atoms with Gasteiger partial charge >= 0.3 is 0 Å². The van der Waals surface area contributed by atoms with Crippen molar-refractivity contribution < 1.29 is 9.53 Å². The molecule has 1 aromatic carbocycles. The van der Waals surface area contributed by atoms with Gasteiger partial charge in [-0.3, -0.25) is 4.79 Å². The topological polar surface area (TPSA) is 37.7 Å². The Morgan fingerprint density at radius 2 is 1.87 bits per heavy atom. The van der Waals surface area contributed by atoms with E-state index in [-0.39, 0.29) is 5.91 Å². The maximum atomic E-state index is 12.4. The predicted octanol–water partition coefficient (Wildman–Crippen LogP) is 2.13. The maximum absolute atomic E-state index is 12.4. The van der Waals surface area contributed by atoms with Crippen LogP contribution in [0.1, 0.15) is 16.1 Å². The van der Waals surface area contributed by atoms with Crippen LogP contribution in [0.2, 0.25) is 0 Å². The van der Waals surface area contributed by atoms with E-state index in [0.717, 1.165) is 31.9 Å². The first-order valence-corrected chi connectivity index (χ1v) is 7.93. The summed E-state index contributed by atoms with van der Waals surface area (Å²) >= 11 is 0. The number of ether oxygens (including phenoxy) is 1. The summed E-state index contributed by atoms with van der Waals surface area (Å²) in [7, 11) is 3.73. The molecule has 0 bridgehead atoms. The van der Waals surface area contributed by atoms with E-state index < -0.39 is 0 Å². The summed E-state index contributed by atoms with van der Waals surface area (Å²) in [5.74, 6) is 0.0368. The van der Waals surface area contributed by atoms with E-state index in [4.69, 9.17) is 4.74 Å². The van der Waals surface area contributed by atoms with Crippen molar-refractivity contribution in [3.8, 4) is 0 Å². The van der Waals surface area contributed by atoms with Crippen LogP contribution >= 0.6 is 0 Å². The first-order chi connectivity index (χ1) is 11.1. The van der Waals surface area contributed by atoms with Gasteiger partial charge in [-0.1, -0.05) is 12.1 Å². The van der Waals surface area contributed by atoms with Crippen molar-refractivity contribution in [2.24, 2.45) is 7.05 Å². The van der Waals surface area contributed by atoms with E-state index in [2.05, 4.69) is 29.2 Å². The summed E-state index contributed by atoms with van der Waals surface area (Å²) in [4.78, 5) is 16.5. The van der Waals surface area contributed by atoms with Crippen molar-refractivity contribution in [2.75, 3.05) is 38.3 Å². The van der Waals surface area contributed by atoms with E-state index in [9.17, 15) is 4.79 Å². The van der Waals surface area contributed by atoms with Crippen molar-refractivity contribution in [1.29, 1.82) is 0 Å². The number of benzene rings is 1. The van der Waals surface area contributed by atoms with Crippen molar-refractivity contribution in [3.63, 3.8) is 0 Å². The fourth-order valence-electron chi connectivity index (χ4n) is 2.86. The van der Waals surface area contributed by atoms with Crippen molar-refractivity contribution in [1.82, 2.24) is 9.47 Å². The molecule has 5 heteroatoms. The Kier molecular flexibility index (Phi) is 4.67. The normalized spacial score (nSPS) is 14.8. The number of carbonyl (C=O) groups excluding carboxylic acids is 1. The molecule has 3 rings (SSSR count). The van der Waals surface area contributed by atoms with Crippen molar-refractivity contribution in [2.45, 2.75) is 6.54 Å². The average molecular weight is 313 g/mol. The molecule has 0 radical (unpaired) electrons. The van der Waals surface area contributed by atoms with Gasteiger partial charge in [-0.25, -0.2) is 0 Å². The van der Waals surface area contributed by atoms with Gasteiger partial charge in [0.25, 0.3) is 5.91 Å². The fourth-order valence-corrected chi connectivity index (χ4v) is 2.86. The first-order valence-electron chi connectivity index (χ1n) is 7.93. The highest BCUT2D eigenvalue weighted by Gasteiger charge is 2.15. The Labute approximate surface area is 137 Å². The lowest BCUT2D eigenvalue weighted by molar-refractivity contribution is 0.0775. The molecular weight excluding hydrogens is 290 g/mol. The summed E-state index contributed by atoms with van der Waals surface area (Å²) in [6.07, 6.45) is 1.89. The van der Waals surface area contributed by atoms with Crippen LogP contribution in [0.3, 0.4) is 0 Å². The SMILES string of the molecule is CN(Cc1ccc(N2CCOCC2)cc1)C(=O)c1cccn1C. The number of morpholine rings is 1. The molecule has 2 aromatic rings. The number of hydrogen-bond acceptors (Lipinski definition) is 3. The summed E-state index contributed by atoms with van der Waals surface area (Å²) in [6.45, 7) is 4.05. The molecule has 1 fully saturated rings. The summed E-state index contributed by atoms with van der Waals surface area (Å²) in [6, 6.07) is 12.2. The first kappa shape index (κ1) is 15.6. The Morgan fingerprint density at radius 3 is 2.48 bits per heavy atom. The van der Waals surface area contributed by atoms with Gasteiger partial charge in [0.15, 0.2) is 0 Å². The highest BCUT2D eigenvalue weighted by Crippen LogP contribution is 2.18. The second-order valence-corrected chi connectivity index (χ2v) is 5.93. The second kappa shape index (κ2) is 6.87. The third-order valence-electron chi connectivity index (χ3n) is 4.24. The summed E-state index contributed by atoms with van der Waals surface area (Å²) < 4.78 is 7.23. The van der Waals surface area contributed by atoms with Crippen LogP contribution in [-0.4, -0.2) is 48.7 Å². The third kappa shape index (κ3) is 3.56. The zero-order valence-corrected chi connectivity index (χ0v) is 13.7. The lowest BCUT2D eigenvalue weighted by Crippen LogP contribution is -2.36. The Morgan fingerprint density at radius 1 is 1.17 bits per heavy atom.